The summed E-state index contributed by atoms with van der Waals surface area (Å²) in [6.07, 6.45) is 1.70. The predicted octanol–water partition coefficient (Wildman–Crippen LogP) is 6.14. The normalized spacial score (nSPS) is 11.3. The molecule has 1 N–H and O–H groups in total. The van der Waals surface area contributed by atoms with Gasteiger partial charge in [-0.2, -0.15) is 0 Å². The second-order valence-electron chi connectivity index (χ2n) is 7.43. The third-order valence-corrected chi connectivity index (χ3v) is 5.19. The maximum Gasteiger partial charge on any atom is 0.165 e. The summed E-state index contributed by atoms with van der Waals surface area (Å²) in [5.74, 6) is 1.73. The van der Waals surface area contributed by atoms with Crippen LogP contribution in [0.2, 0.25) is 5.02 Å². The Balaban J connectivity index is 1.76. The van der Waals surface area contributed by atoms with E-state index in [1.165, 1.54) is 5.56 Å². The summed E-state index contributed by atoms with van der Waals surface area (Å²) in [7, 11) is 0. The largest absolute Gasteiger partial charge is 0.374 e. The molecule has 0 atom stereocenters. The van der Waals surface area contributed by atoms with Crippen LogP contribution in [0.4, 0.5) is 11.5 Å². The second kappa shape index (κ2) is 9.37. The van der Waals surface area contributed by atoms with Crippen molar-refractivity contribution < 1.29 is 4.74 Å². The van der Waals surface area contributed by atoms with E-state index in [1.807, 2.05) is 19.1 Å². The van der Waals surface area contributed by atoms with Gasteiger partial charge in [0, 0.05) is 18.5 Å². The van der Waals surface area contributed by atoms with E-state index in [0.29, 0.717) is 52.8 Å². The molecule has 0 amide bonds. The Kier molecular flexibility index (Phi) is 6.39. The highest BCUT2D eigenvalue weighted by Crippen LogP contribution is 2.29. The summed E-state index contributed by atoms with van der Waals surface area (Å²) in [5, 5.41) is 4.76. The molecule has 0 aliphatic heterocycles. The molecule has 3 heterocycles. The van der Waals surface area contributed by atoms with Crippen LogP contribution < -0.4 is 5.32 Å². The fourth-order valence-corrected chi connectivity index (χ4v) is 3.42. The number of anilines is 2. The van der Waals surface area contributed by atoms with Gasteiger partial charge in [-0.1, -0.05) is 37.6 Å². The molecule has 0 radical (unpaired) electrons. The molecule has 4 rings (SSSR count). The first kappa shape index (κ1) is 21.2. The number of benzene rings is 1. The Hall–Kier alpha value is -3.09. The zero-order chi connectivity index (χ0) is 21.8. The van der Waals surface area contributed by atoms with Crippen molar-refractivity contribution in [3.05, 3.63) is 71.1 Å². The molecule has 31 heavy (non-hydrogen) atoms. The SMILES string of the molecule is CCOCc1nc(Nc2ccc(C(C)C)cc2)c2ccc(-c3ncccc3Cl)nc2n1. The number of pyridine rings is 2. The monoisotopic (exact) mass is 433 g/mol. The highest BCUT2D eigenvalue weighted by molar-refractivity contribution is 6.32. The smallest absolute Gasteiger partial charge is 0.165 e. The van der Waals surface area contributed by atoms with Crippen LogP contribution in [0.5, 0.6) is 0 Å². The van der Waals surface area contributed by atoms with Crippen LogP contribution in [0.1, 0.15) is 38.1 Å². The van der Waals surface area contributed by atoms with E-state index in [0.717, 1.165) is 11.1 Å². The summed E-state index contributed by atoms with van der Waals surface area (Å²) in [4.78, 5) is 18.4. The first-order valence-corrected chi connectivity index (χ1v) is 10.7. The molecule has 0 saturated heterocycles. The maximum absolute atomic E-state index is 6.32. The van der Waals surface area contributed by atoms with E-state index in [1.54, 1.807) is 18.3 Å². The number of halogens is 1. The lowest BCUT2D eigenvalue weighted by Crippen LogP contribution is -2.05. The molecule has 0 unspecified atom stereocenters. The average molecular weight is 434 g/mol. The van der Waals surface area contributed by atoms with Crippen molar-refractivity contribution in [2.75, 3.05) is 11.9 Å². The lowest BCUT2D eigenvalue weighted by Gasteiger charge is -2.13. The third kappa shape index (κ3) is 4.81. The third-order valence-electron chi connectivity index (χ3n) is 4.88. The summed E-state index contributed by atoms with van der Waals surface area (Å²) in [6.45, 7) is 7.19. The van der Waals surface area contributed by atoms with Crippen LogP contribution in [0, 0.1) is 0 Å². The Morgan fingerprint density at radius 3 is 2.52 bits per heavy atom. The number of aromatic nitrogens is 4. The Morgan fingerprint density at radius 1 is 1.00 bits per heavy atom. The van der Waals surface area contributed by atoms with Gasteiger partial charge in [-0.3, -0.25) is 4.98 Å². The molecule has 1 aromatic carbocycles. The summed E-state index contributed by atoms with van der Waals surface area (Å²) < 4.78 is 5.54. The molecule has 6 nitrogen and oxygen atoms in total. The minimum absolute atomic E-state index is 0.309. The number of fused-ring (bicyclic) bond motifs is 1. The predicted molar refractivity (Wildman–Crippen MR) is 125 cm³/mol. The van der Waals surface area contributed by atoms with Gasteiger partial charge in [0.2, 0.25) is 0 Å². The minimum atomic E-state index is 0.309. The van der Waals surface area contributed by atoms with E-state index >= 15 is 0 Å². The minimum Gasteiger partial charge on any atom is -0.374 e. The Morgan fingerprint density at radius 2 is 1.81 bits per heavy atom. The number of ether oxygens (including phenoxy) is 1. The van der Waals surface area contributed by atoms with E-state index in [4.69, 9.17) is 21.3 Å². The highest BCUT2D eigenvalue weighted by atomic mass is 35.5. The molecular formula is C24H24ClN5O. The van der Waals surface area contributed by atoms with Gasteiger partial charge < -0.3 is 10.1 Å². The maximum atomic E-state index is 6.32. The van der Waals surface area contributed by atoms with E-state index in [-0.39, 0.29) is 0 Å². The van der Waals surface area contributed by atoms with Gasteiger partial charge in [0.1, 0.15) is 18.1 Å². The van der Waals surface area contributed by atoms with Gasteiger partial charge >= 0.3 is 0 Å². The standard InChI is InChI=1S/C24H24ClN5O/c1-4-31-14-21-29-23(27-17-9-7-16(8-10-17)15(2)3)18-11-12-20(28-24(18)30-21)22-19(25)6-5-13-26-22/h5-13,15H,4,14H2,1-3H3,(H,27,28,29,30). The summed E-state index contributed by atoms with van der Waals surface area (Å²) in [6, 6.07) is 15.8. The van der Waals surface area contributed by atoms with E-state index in [9.17, 15) is 0 Å². The topological polar surface area (TPSA) is 72.8 Å². The Bertz CT molecular complexity index is 1190. The molecule has 0 fully saturated rings. The van der Waals surface area contributed by atoms with Gasteiger partial charge in [-0.05, 0) is 54.8 Å². The first-order chi connectivity index (χ1) is 15.0. The van der Waals surface area contributed by atoms with Gasteiger partial charge in [0.05, 0.1) is 16.1 Å². The van der Waals surface area contributed by atoms with Crippen LogP contribution in [0.25, 0.3) is 22.4 Å². The van der Waals surface area contributed by atoms with Crippen molar-refractivity contribution in [1.82, 2.24) is 19.9 Å². The molecule has 158 valence electrons. The van der Waals surface area contributed by atoms with Gasteiger partial charge in [-0.25, -0.2) is 15.0 Å². The molecular weight excluding hydrogens is 410 g/mol. The molecule has 7 heteroatoms. The summed E-state index contributed by atoms with van der Waals surface area (Å²) >= 11 is 6.32. The fourth-order valence-electron chi connectivity index (χ4n) is 3.20. The summed E-state index contributed by atoms with van der Waals surface area (Å²) in [5.41, 5.74) is 4.07. The average Bonchev–Trinajstić information content (AvgIpc) is 2.78. The zero-order valence-corrected chi connectivity index (χ0v) is 18.5. The van der Waals surface area contributed by atoms with Crippen molar-refractivity contribution in [2.45, 2.75) is 33.3 Å². The zero-order valence-electron chi connectivity index (χ0n) is 17.8. The van der Waals surface area contributed by atoms with E-state index < -0.39 is 0 Å². The molecule has 3 aromatic heterocycles. The van der Waals surface area contributed by atoms with Crippen molar-refractivity contribution in [3.8, 4) is 11.4 Å². The first-order valence-electron chi connectivity index (χ1n) is 10.3. The Labute approximate surface area is 186 Å². The van der Waals surface area contributed by atoms with Crippen LogP contribution in [-0.2, 0) is 11.3 Å². The molecule has 0 aliphatic carbocycles. The van der Waals surface area contributed by atoms with Gasteiger partial charge in [0.15, 0.2) is 11.5 Å². The lowest BCUT2D eigenvalue weighted by molar-refractivity contribution is 0.128. The fraction of sp³-hybridized carbons (Fsp3) is 0.250. The molecule has 4 aromatic rings. The van der Waals surface area contributed by atoms with Crippen molar-refractivity contribution >= 4 is 34.1 Å². The van der Waals surface area contributed by atoms with E-state index in [2.05, 4.69) is 58.4 Å². The van der Waals surface area contributed by atoms with Crippen molar-refractivity contribution in [1.29, 1.82) is 0 Å². The van der Waals surface area contributed by atoms with Crippen LogP contribution in [0.15, 0.2) is 54.7 Å². The second-order valence-corrected chi connectivity index (χ2v) is 7.84. The number of hydrogen-bond acceptors (Lipinski definition) is 6. The molecule has 0 saturated carbocycles. The van der Waals surface area contributed by atoms with Crippen LogP contribution >= 0.6 is 11.6 Å². The quantitative estimate of drug-likeness (QED) is 0.377. The number of nitrogens with zero attached hydrogens (tertiary/aromatic N) is 4. The van der Waals surface area contributed by atoms with Crippen LogP contribution in [-0.4, -0.2) is 26.5 Å². The van der Waals surface area contributed by atoms with Crippen molar-refractivity contribution in [2.24, 2.45) is 0 Å². The molecule has 0 spiro atoms. The molecule has 0 bridgehead atoms. The van der Waals surface area contributed by atoms with Gasteiger partial charge in [-0.15, -0.1) is 0 Å². The number of hydrogen-bond donors (Lipinski definition) is 1. The molecule has 0 aliphatic rings. The number of rotatable bonds is 7. The van der Waals surface area contributed by atoms with Crippen LogP contribution in [0.3, 0.4) is 0 Å². The van der Waals surface area contributed by atoms with Gasteiger partial charge in [0.25, 0.3) is 0 Å². The lowest BCUT2D eigenvalue weighted by atomic mass is 10.0. The van der Waals surface area contributed by atoms with Crippen molar-refractivity contribution in [3.63, 3.8) is 0 Å². The number of nitrogens with one attached hydrogen (secondary N) is 1. The highest BCUT2D eigenvalue weighted by Gasteiger charge is 2.13.